The minimum Gasteiger partial charge on any atom is -0.411 e. The van der Waals surface area contributed by atoms with Crippen LogP contribution in [0, 0.1) is 13.8 Å². The molecular weight excluding hydrogens is 298 g/mol. The number of carbonyl (C=O) groups excluding carboxylic acids is 1. The second-order valence-corrected chi connectivity index (χ2v) is 6.55. The number of aryl methyl sites for hydroxylation is 2. The fourth-order valence-corrected chi connectivity index (χ4v) is 3.33. The molecule has 1 aromatic heterocycles. The molecule has 0 bridgehead atoms. The number of thioether (sulfide) groups is 1. The number of hydrogen-bond donors (Lipinski definition) is 0. The number of carbonyl (C=O) groups is 1. The van der Waals surface area contributed by atoms with E-state index in [1.807, 2.05) is 30.9 Å². The Morgan fingerprint density at radius 2 is 1.86 bits per heavy atom. The average molecular weight is 317 g/mol. The monoisotopic (exact) mass is 317 g/mol. The summed E-state index contributed by atoms with van der Waals surface area (Å²) in [6.07, 6.45) is 2.21. The third kappa shape index (κ3) is 3.50. The Kier molecular flexibility index (Phi) is 4.47. The summed E-state index contributed by atoms with van der Waals surface area (Å²) < 4.78 is 5.66. The van der Waals surface area contributed by atoms with Crippen LogP contribution in [0.1, 0.15) is 24.0 Å². The predicted octanol–water partition coefficient (Wildman–Crippen LogP) is 3.07. The summed E-state index contributed by atoms with van der Waals surface area (Å²) >= 11 is 1.31. The minimum atomic E-state index is 0.147. The van der Waals surface area contributed by atoms with E-state index in [-0.39, 0.29) is 5.91 Å². The van der Waals surface area contributed by atoms with Gasteiger partial charge in [0, 0.05) is 18.7 Å². The van der Waals surface area contributed by atoms with Crippen LogP contribution in [0.15, 0.2) is 27.8 Å². The molecule has 1 aliphatic heterocycles. The molecule has 22 heavy (non-hydrogen) atoms. The zero-order chi connectivity index (χ0) is 15.5. The summed E-state index contributed by atoms with van der Waals surface area (Å²) in [7, 11) is 0. The van der Waals surface area contributed by atoms with Crippen LogP contribution < -0.4 is 0 Å². The molecule has 1 fully saturated rings. The highest BCUT2D eigenvalue weighted by molar-refractivity contribution is 7.99. The molecule has 6 heteroatoms. The van der Waals surface area contributed by atoms with Gasteiger partial charge in [-0.3, -0.25) is 4.79 Å². The van der Waals surface area contributed by atoms with Gasteiger partial charge in [-0.2, -0.15) is 0 Å². The van der Waals surface area contributed by atoms with Crippen molar-refractivity contribution in [1.82, 2.24) is 15.1 Å². The smallest absolute Gasteiger partial charge is 0.277 e. The molecule has 2 aromatic rings. The molecule has 0 radical (unpaired) electrons. The number of amides is 1. The van der Waals surface area contributed by atoms with Crippen LogP contribution in [-0.2, 0) is 4.79 Å². The largest absolute Gasteiger partial charge is 0.411 e. The zero-order valence-electron chi connectivity index (χ0n) is 12.8. The molecule has 2 heterocycles. The van der Waals surface area contributed by atoms with E-state index < -0.39 is 0 Å². The summed E-state index contributed by atoms with van der Waals surface area (Å²) in [6, 6.07) is 6.14. The van der Waals surface area contributed by atoms with Crippen molar-refractivity contribution in [3.05, 3.63) is 29.3 Å². The van der Waals surface area contributed by atoms with E-state index in [1.54, 1.807) is 0 Å². The van der Waals surface area contributed by atoms with E-state index in [4.69, 9.17) is 4.42 Å². The molecule has 0 atom stereocenters. The van der Waals surface area contributed by atoms with Gasteiger partial charge in [-0.1, -0.05) is 29.0 Å². The van der Waals surface area contributed by atoms with Crippen molar-refractivity contribution in [2.24, 2.45) is 0 Å². The van der Waals surface area contributed by atoms with Gasteiger partial charge in [0.1, 0.15) is 0 Å². The molecular formula is C16H19N3O2S. The highest BCUT2D eigenvalue weighted by Crippen LogP contribution is 2.25. The van der Waals surface area contributed by atoms with E-state index >= 15 is 0 Å². The lowest BCUT2D eigenvalue weighted by Gasteiger charge is -2.13. The molecule has 116 valence electrons. The van der Waals surface area contributed by atoms with Crippen molar-refractivity contribution < 1.29 is 9.21 Å². The first kappa shape index (κ1) is 15.1. The van der Waals surface area contributed by atoms with Crippen molar-refractivity contribution in [1.29, 1.82) is 0 Å². The van der Waals surface area contributed by atoms with Gasteiger partial charge < -0.3 is 9.32 Å². The molecule has 1 saturated heterocycles. The van der Waals surface area contributed by atoms with Crippen LogP contribution >= 0.6 is 11.8 Å². The Balaban J connectivity index is 1.64. The van der Waals surface area contributed by atoms with Gasteiger partial charge in [-0.25, -0.2) is 0 Å². The van der Waals surface area contributed by atoms with Crippen molar-refractivity contribution in [2.75, 3.05) is 18.8 Å². The first-order chi connectivity index (χ1) is 10.6. The van der Waals surface area contributed by atoms with Crippen LogP contribution in [-0.4, -0.2) is 39.8 Å². The number of likely N-dealkylation sites (tertiary alicyclic amines) is 1. The van der Waals surface area contributed by atoms with Crippen molar-refractivity contribution in [3.63, 3.8) is 0 Å². The quantitative estimate of drug-likeness (QED) is 0.811. The normalized spacial score (nSPS) is 14.5. The van der Waals surface area contributed by atoms with Gasteiger partial charge in [0.25, 0.3) is 5.22 Å². The Hall–Kier alpha value is -1.82. The highest BCUT2D eigenvalue weighted by atomic mass is 32.2. The van der Waals surface area contributed by atoms with E-state index in [0.29, 0.717) is 16.9 Å². The Bertz CT molecular complexity index is 658. The summed E-state index contributed by atoms with van der Waals surface area (Å²) in [5.41, 5.74) is 3.24. The van der Waals surface area contributed by atoms with Crippen molar-refractivity contribution >= 4 is 17.7 Å². The summed E-state index contributed by atoms with van der Waals surface area (Å²) in [4.78, 5) is 13.9. The Labute approximate surface area is 134 Å². The molecule has 1 amide bonds. The van der Waals surface area contributed by atoms with E-state index in [1.165, 1.54) is 11.8 Å². The van der Waals surface area contributed by atoms with Crippen LogP contribution in [0.3, 0.4) is 0 Å². The maximum atomic E-state index is 12.0. The molecule has 5 nitrogen and oxygen atoms in total. The topological polar surface area (TPSA) is 59.2 Å². The fourth-order valence-electron chi connectivity index (χ4n) is 2.66. The van der Waals surface area contributed by atoms with E-state index in [2.05, 4.69) is 16.3 Å². The number of nitrogens with zero attached hydrogens (tertiary/aromatic N) is 3. The van der Waals surface area contributed by atoms with E-state index in [9.17, 15) is 4.79 Å². The van der Waals surface area contributed by atoms with Gasteiger partial charge in [-0.15, -0.1) is 10.2 Å². The third-order valence-electron chi connectivity index (χ3n) is 3.65. The standard InChI is InChI=1S/C16H19N3O2S/c1-11-7-12(2)9-13(8-11)15-17-18-16(21-15)22-10-14(20)19-5-3-4-6-19/h7-9H,3-6,10H2,1-2H3. The highest BCUT2D eigenvalue weighted by Gasteiger charge is 2.19. The van der Waals surface area contributed by atoms with Gasteiger partial charge in [0.2, 0.25) is 11.8 Å². The summed E-state index contributed by atoms with van der Waals surface area (Å²) in [6.45, 7) is 5.82. The van der Waals surface area contributed by atoms with Crippen LogP contribution in [0.4, 0.5) is 0 Å². The summed E-state index contributed by atoms with van der Waals surface area (Å²) in [5, 5.41) is 8.55. The SMILES string of the molecule is Cc1cc(C)cc(-c2nnc(SCC(=O)N3CCCC3)o2)c1. The fraction of sp³-hybridized carbons (Fsp3) is 0.438. The predicted molar refractivity (Wildman–Crippen MR) is 85.7 cm³/mol. The maximum absolute atomic E-state index is 12.0. The Morgan fingerprint density at radius 1 is 1.18 bits per heavy atom. The molecule has 1 aromatic carbocycles. The third-order valence-corrected chi connectivity index (χ3v) is 4.46. The molecule has 0 aliphatic carbocycles. The van der Waals surface area contributed by atoms with Crippen molar-refractivity contribution in [2.45, 2.75) is 31.9 Å². The summed E-state index contributed by atoms with van der Waals surface area (Å²) in [5.74, 6) is 1.01. The van der Waals surface area contributed by atoms with Gasteiger partial charge in [0.05, 0.1) is 5.75 Å². The molecule has 3 rings (SSSR count). The van der Waals surface area contributed by atoms with Crippen LogP contribution in [0.2, 0.25) is 0 Å². The molecule has 0 unspecified atom stereocenters. The molecule has 0 N–H and O–H groups in total. The van der Waals surface area contributed by atoms with Gasteiger partial charge >= 0.3 is 0 Å². The lowest BCUT2D eigenvalue weighted by molar-refractivity contribution is -0.127. The first-order valence-corrected chi connectivity index (χ1v) is 8.43. The van der Waals surface area contributed by atoms with Gasteiger partial charge in [0.15, 0.2) is 0 Å². The second-order valence-electron chi connectivity index (χ2n) is 5.63. The maximum Gasteiger partial charge on any atom is 0.277 e. The lowest BCUT2D eigenvalue weighted by atomic mass is 10.1. The number of rotatable bonds is 4. The molecule has 0 saturated carbocycles. The van der Waals surface area contributed by atoms with E-state index in [0.717, 1.165) is 42.6 Å². The zero-order valence-corrected chi connectivity index (χ0v) is 13.7. The Morgan fingerprint density at radius 3 is 2.55 bits per heavy atom. The van der Waals surface area contributed by atoms with Crippen LogP contribution in [0.25, 0.3) is 11.5 Å². The number of benzene rings is 1. The minimum absolute atomic E-state index is 0.147. The molecule has 0 spiro atoms. The number of aromatic nitrogens is 2. The van der Waals surface area contributed by atoms with Crippen molar-refractivity contribution in [3.8, 4) is 11.5 Å². The lowest BCUT2D eigenvalue weighted by Crippen LogP contribution is -2.29. The first-order valence-electron chi connectivity index (χ1n) is 7.44. The van der Waals surface area contributed by atoms with Crippen LogP contribution in [0.5, 0.6) is 0 Å². The van der Waals surface area contributed by atoms with Gasteiger partial charge in [-0.05, 0) is 38.8 Å². The second kappa shape index (κ2) is 6.52. The number of hydrogen-bond acceptors (Lipinski definition) is 5. The average Bonchev–Trinajstić information content (AvgIpc) is 3.15. The molecule has 1 aliphatic rings.